The van der Waals surface area contributed by atoms with E-state index in [1.165, 1.54) is 14.2 Å². The zero-order valence-electron chi connectivity index (χ0n) is 30.8. The van der Waals surface area contributed by atoms with Crippen molar-refractivity contribution in [2.45, 2.75) is 47.0 Å². The average Bonchev–Trinajstić information content (AvgIpc) is 3.17. The summed E-state index contributed by atoms with van der Waals surface area (Å²) in [6, 6.07) is 35.9. The van der Waals surface area contributed by atoms with Gasteiger partial charge in [0.25, 0.3) is 0 Å². The number of benzene rings is 6. The number of fused-ring (bicyclic) bond motifs is 4. The van der Waals surface area contributed by atoms with Crippen LogP contribution in [0.5, 0.6) is 23.0 Å². The van der Waals surface area contributed by atoms with Crippen molar-refractivity contribution in [2.24, 2.45) is 0 Å². The van der Waals surface area contributed by atoms with Gasteiger partial charge in [-0.05, 0) is 110 Å². The van der Waals surface area contributed by atoms with Crippen molar-refractivity contribution in [3.05, 3.63) is 185 Å². The Hall–Kier alpha value is -5.18. The van der Waals surface area contributed by atoms with E-state index in [4.69, 9.17) is 18.9 Å². The van der Waals surface area contributed by atoms with Gasteiger partial charge in [-0.1, -0.05) is 100.0 Å². The molecule has 2 aliphatic heterocycles. The molecule has 0 fully saturated rings. The Morgan fingerprint density at radius 2 is 0.855 bits per heavy atom. The van der Waals surface area contributed by atoms with Crippen molar-refractivity contribution in [2.75, 3.05) is 14.2 Å². The van der Waals surface area contributed by atoms with Crippen LogP contribution >= 0.6 is 31.9 Å². The lowest BCUT2D eigenvalue weighted by Gasteiger charge is -2.31. The molecule has 6 aromatic carbocycles. The maximum absolute atomic E-state index is 12.5. The molecule has 0 spiro atoms. The van der Waals surface area contributed by atoms with Crippen molar-refractivity contribution < 1.29 is 28.5 Å². The number of hydrogen-bond acceptors (Lipinski definition) is 6. The van der Waals surface area contributed by atoms with Gasteiger partial charge in [-0.2, -0.15) is 0 Å². The fourth-order valence-corrected chi connectivity index (χ4v) is 7.96. The van der Waals surface area contributed by atoms with Gasteiger partial charge in [-0.15, -0.1) is 0 Å². The van der Waals surface area contributed by atoms with Crippen molar-refractivity contribution in [3.8, 4) is 23.0 Å². The van der Waals surface area contributed by atoms with Gasteiger partial charge in [0.1, 0.15) is 23.0 Å². The van der Waals surface area contributed by atoms with E-state index < -0.39 is 0 Å². The molecule has 2 heterocycles. The number of ether oxygens (including phenoxy) is 4. The number of methoxy groups -OCH3 is 2. The lowest BCUT2D eigenvalue weighted by Crippen LogP contribution is -2.16. The van der Waals surface area contributed by atoms with Gasteiger partial charge in [0.2, 0.25) is 0 Å². The molecule has 0 aromatic heterocycles. The van der Waals surface area contributed by atoms with E-state index >= 15 is 0 Å². The van der Waals surface area contributed by atoms with Crippen LogP contribution in [0.15, 0.2) is 118 Å². The molecule has 280 valence electrons. The third-order valence-corrected chi connectivity index (χ3v) is 11.7. The predicted octanol–water partition coefficient (Wildman–Crippen LogP) is 12.9. The second-order valence-corrected chi connectivity index (χ2v) is 15.3. The highest BCUT2D eigenvalue weighted by Gasteiger charge is 2.34. The normalized spacial score (nSPS) is 12.5. The summed E-state index contributed by atoms with van der Waals surface area (Å²) in [7, 11) is 2.82. The highest BCUT2D eigenvalue weighted by Crippen LogP contribution is 2.51. The maximum Gasteiger partial charge on any atom is 0.338 e. The van der Waals surface area contributed by atoms with E-state index in [1.807, 2.05) is 100 Å². The first-order valence-electron chi connectivity index (χ1n) is 17.5. The molecule has 0 unspecified atom stereocenters. The second kappa shape index (κ2) is 16.3. The van der Waals surface area contributed by atoms with E-state index in [1.54, 1.807) is 0 Å². The van der Waals surface area contributed by atoms with Gasteiger partial charge in [-0.25, -0.2) is 9.59 Å². The van der Waals surface area contributed by atoms with Gasteiger partial charge >= 0.3 is 11.9 Å². The largest absolute Gasteiger partial charge is 0.465 e. The monoisotopic (exact) mass is 860 g/mol. The first-order valence-corrected chi connectivity index (χ1v) is 19.1. The number of halogens is 2. The summed E-state index contributed by atoms with van der Waals surface area (Å²) in [5, 5.41) is 0. The van der Waals surface area contributed by atoms with Gasteiger partial charge in [0.05, 0.1) is 25.3 Å². The highest BCUT2D eigenvalue weighted by atomic mass is 79.9. The van der Waals surface area contributed by atoms with E-state index in [0.717, 1.165) is 87.6 Å². The Balaban J connectivity index is 0.000000184. The fraction of sp³-hybridized carbons (Fsp3) is 0.191. The number of hydrogen-bond donors (Lipinski definition) is 0. The van der Waals surface area contributed by atoms with Crippen LogP contribution in [0, 0.1) is 27.7 Å². The van der Waals surface area contributed by atoms with Gasteiger partial charge in [0.15, 0.2) is 0 Å². The zero-order chi connectivity index (χ0) is 38.3. The number of rotatable bonds is 4. The highest BCUT2D eigenvalue weighted by molar-refractivity contribution is 9.10. The van der Waals surface area contributed by atoms with Gasteiger partial charge in [-0.3, -0.25) is 0 Å². The van der Waals surface area contributed by atoms with Crippen LogP contribution in [-0.2, 0) is 9.47 Å². The first kappa shape index (κ1) is 39.5. The number of carbonyl (C=O) groups excluding carboxylic acids is 2. The van der Waals surface area contributed by atoms with E-state index in [9.17, 15) is 9.59 Å². The van der Waals surface area contributed by atoms with Crippen LogP contribution in [0.1, 0.15) is 95.6 Å². The zero-order valence-corrected chi connectivity index (χ0v) is 33.9. The van der Waals surface area contributed by atoms with Crippen LogP contribution in [0.4, 0.5) is 0 Å². The minimum absolute atomic E-state index is 0. The lowest BCUT2D eigenvalue weighted by molar-refractivity contribution is 0.0590. The summed E-state index contributed by atoms with van der Waals surface area (Å²) >= 11 is 7.29. The molecular formula is C47H42Br2O6. The Bertz CT molecular complexity index is 2340. The van der Waals surface area contributed by atoms with E-state index in [2.05, 4.69) is 68.3 Å². The molecule has 0 radical (unpaired) electrons. The molecule has 6 aromatic rings. The van der Waals surface area contributed by atoms with E-state index in [-0.39, 0.29) is 31.2 Å². The summed E-state index contributed by atoms with van der Waals surface area (Å²) in [6.45, 7) is 8.17. The van der Waals surface area contributed by atoms with Gasteiger partial charge in [0, 0.05) is 43.0 Å². The van der Waals surface area contributed by atoms with Crippen molar-refractivity contribution in [1.82, 2.24) is 0 Å². The molecule has 8 rings (SSSR count). The van der Waals surface area contributed by atoms with Crippen LogP contribution in [0.2, 0.25) is 0 Å². The van der Waals surface area contributed by atoms with Crippen LogP contribution in [-0.4, -0.2) is 26.2 Å². The molecule has 0 saturated carbocycles. The van der Waals surface area contributed by atoms with Crippen molar-refractivity contribution in [3.63, 3.8) is 0 Å². The van der Waals surface area contributed by atoms with E-state index in [0.29, 0.717) is 11.1 Å². The van der Waals surface area contributed by atoms with Gasteiger partial charge < -0.3 is 18.9 Å². The molecule has 6 nitrogen and oxygen atoms in total. The molecule has 0 atom stereocenters. The molecule has 2 aliphatic rings. The summed E-state index contributed by atoms with van der Waals surface area (Å²) in [5.74, 6) is 2.39. The number of aryl methyl sites for hydroxylation is 4. The Morgan fingerprint density at radius 3 is 1.25 bits per heavy atom. The van der Waals surface area contributed by atoms with Crippen molar-refractivity contribution in [1.29, 1.82) is 0 Å². The third-order valence-electron chi connectivity index (χ3n) is 9.96. The van der Waals surface area contributed by atoms with Crippen molar-refractivity contribution >= 4 is 43.8 Å². The Labute approximate surface area is 339 Å². The lowest BCUT2D eigenvalue weighted by atomic mass is 9.80. The third kappa shape index (κ3) is 7.58. The standard InChI is InChI=1S/C23H18Br2O3.C23H20O3.CH4/c1-12-8-20-16(10-18(12)24)22(14-6-4-5-7-15(14)23(26)27-3)17-11-19(25)13(2)9-21(17)28-20;1-14-8-10-18-20(12-14)26-21-13-15(2)9-11-19(21)22(18)16-6-4-5-7-17(16)23(24)25-3;/h4-11,22H,1-3H3;4-13,22H,1-3H3;1H4. The summed E-state index contributed by atoms with van der Waals surface area (Å²) in [6.07, 6.45) is 0. The topological polar surface area (TPSA) is 71.1 Å². The summed E-state index contributed by atoms with van der Waals surface area (Å²) in [4.78, 5) is 24.8. The molecular weight excluding hydrogens is 820 g/mol. The minimum Gasteiger partial charge on any atom is -0.465 e. The molecule has 0 saturated heterocycles. The summed E-state index contributed by atoms with van der Waals surface area (Å²) < 4.78 is 24.5. The predicted molar refractivity (Wildman–Crippen MR) is 224 cm³/mol. The number of esters is 2. The summed E-state index contributed by atoms with van der Waals surface area (Å²) in [5.41, 5.74) is 11.6. The molecule has 0 amide bonds. The molecule has 0 N–H and O–H groups in total. The Kier molecular flexibility index (Phi) is 11.7. The SMILES string of the molecule is C.COC(=O)c1ccccc1C1c2cc(Br)c(C)cc2Oc2cc(C)c(Br)cc21.COC(=O)c1ccccc1C1c2ccc(C)cc2Oc2cc(C)ccc21. The first-order chi connectivity index (χ1) is 26.0. The van der Waals surface area contributed by atoms with Crippen LogP contribution in [0.25, 0.3) is 0 Å². The molecule has 55 heavy (non-hydrogen) atoms. The molecule has 0 aliphatic carbocycles. The fourth-order valence-electron chi connectivity index (χ4n) is 7.24. The molecule has 8 heteroatoms. The molecule has 0 bridgehead atoms. The quantitative estimate of drug-likeness (QED) is 0.164. The smallest absolute Gasteiger partial charge is 0.338 e. The minimum atomic E-state index is -0.345. The van der Waals surface area contributed by atoms with Crippen LogP contribution in [0.3, 0.4) is 0 Å². The maximum atomic E-state index is 12.5. The Morgan fingerprint density at radius 1 is 0.491 bits per heavy atom. The second-order valence-electron chi connectivity index (χ2n) is 13.6. The average molecular weight is 863 g/mol. The number of carbonyl (C=O) groups is 2. The van der Waals surface area contributed by atoms with Crippen LogP contribution < -0.4 is 9.47 Å².